The van der Waals surface area contributed by atoms with Gasteiger partial charge in [0.15, 0.2) is 0 Å². The summed E-state index contributed by atoms with van der Waals surface area (Å²) in [4.78, 5) is 33.6. The van der Waals surface area contributed by atoms with Gasteiger partial charge in [0.25, 0.3) is 5.56 Å². The molecule has 1 atom stereocenters. The lowest BCUT2D eigenvalue weighted by Gasteiger charge is -2.33. The molecule has 7 heteroatoms. The third-order valence-electron chi connectivity index (χ3n) is 4.78. The molecule has 1 aliphatic rings. The number of aromatic nitrogens is 4. The zero-order valence-corrected chi connectivity index (χ0v) is 15.1. The molecule has 0 bridgehead atoms. The second-order valence-electron chi connectivity index (χ2n) is 6.85. The van der Waals surface area contributed by atoms with Crippen LogP contribution in [0.2, 0.25) is 0 Å². The molecule has 2 aromatic rings. The Balaban J connectivity index is 1.62. The predicted octanol–water partition coefficient (Wildman–Crippen LogP) is 1.69. The van der Waals surface area contributed by atoms with Crippen LogP contribution in [0.4, 0.5) is 0 Å². The first-order valence-electron chi connectivity index (χ1n) is 8.79. The third-order valence-corrected chi connectivity index (χ3v) is 4.78. The van der Waals surface area contributed by atoms with Crippen molar-refractivity contribution in [1.29, 1.82) is 0 Å². The van der Waals surface area contributed by atoms with Gasteiger partial charge >= 0.3 is 0 Å². The Morgan fingerprint density at radius 1 is 1.36 bits per heavy atom. The maximum absolute atomic E-state index is 12.6. The number of nitrogens with zero attached hydrogens (tertiary/aromatic N) is 4. The van der Waals surface area contributed by atoms with E-state index in [2.05, 4.69) is 15.1 Å². The molecule has 134 valence electrons. The monoisotopic (exact) mass is 343 g/mol. The molecule has 2 aromatic heterocycles. The number of aryl methyl sites for hydroxylation is 3. The zero-order valence-electron chi connectivity index (χ0n) is 15.1. The zero-order chi connectivity index (χ0) is 18.0. The van der Waals surface area contributed by atoms with Gasteiger partial charge in [-0.05, 0) is 45.6 Å². The lowest BCUT2D eigenvalue weighted by Crippen LogP contribution is -2.41. The van der Waals surface area contributed by atoms with Crippen LogP contribution in [0.5, 0.6) is 0 Å². The molecule has 3 heterocycles. The quantitative estimate of drug-likeness (QED) is 0.915. The molecule has 0 saturated carbocycles. The molecule has 0 aromatic carbocycles. The van der Waals surface area contributed by atoms with Gasteiger partial charge in [0.1, 0.15) is 5.82 Å². The smallest absolute Gasteiger partial charge is 0.254 e. The Labute approximate surface area is 147 Å². The van der Waals surface area contributed by atoms with Crippen LogP contribution in [0, 0.1) is 20.8 Å². The maximum Gasteiger partial charge on any atom is 0.254 e. The van der Waals surface area contributed by atoms with Crippen LogP contribution in [0.3, 0.4) is 0 Å². The molecule has 1 amide bonds. The number of amides is 1. The van der Waals surface area contributed by atoms with Gasteiger partial charge in [-0.2, -0.15) is 5.10 Å². The van der Waals surface area contributed by atoms with Crippen molar-refractivity contribution in [2.75, 3.05) is 13.1 Å². The highest BCUT2D eigenvalue weighted by Gasteiger charge is 2.25. The SMILES string of the molecule is Cc1cnn([C@@H]2CCCN(C(=O)CCc3c(C)nc(C)[nH]c3=O)C2)c1. The van der Waals surface area contributed by atoms with Crippen LogP contribution in [0.1, 0.15) is 47.9 Å². The summed E-state index contributed by atoms with van der Waals surface area (Å²) in [5, 5.41) is 4.38. The van der Waals surface area contributed by atoms with E-state index in [1.807, 2.05) is 35.8 Å². The molecule has 1 saturated heterocycles. The number of nitrogens with one attached hydrogen (secondary N) is 1. The molecule has 1 fully saturated rings. The topological polar surface area (TPSA) is 83.9 Å². The summed E-state index contributed by atoms with van der Waals surface area (Å²) in [6, 6.07) is 0.234. The highest BCUT2D eigenvalue weighted by atomic mass is 16.2. The minimum Gasteiger partial charge on any atom is -0.341 e. The minimum absolute atomic E-state index is 0.0907. The molecule has 0 spiro atoms. The van der Waals surface area contributed by atoms with Crippen LogP contribution in [0.15, 0.2) is 17.2 Å². The standard InChI is InChI=1S/C18H25N5O2/c1-12-9-19-23(10-12)15-5-4-8-22(11-15)17(24)7-6-16-13(2)20-14(3)21-18(16)25/h9-10,15H,4-8,11H2,1-3H3,(H,20,21,25)/t15-/m1/s1. The van der Waals surface area contributed by atoms with Crippen molar-refractivity contribution in [1.82, 2.24) is 24.6 Å². The summed E-state index contributed by atoms with van der Waals surface area (Å²) >= 11 is 0. The molecular formula is C18H25N5O2. The van der Waals surface area contributed by atoms with E-state index in [0.29, 0.717) is 36.5 Å². The van der Waals surface area contributed by atoms with Crippen LogP contribution in [0.25, 0.3) is 0 Å². The number of H-pyrrole nitrogens is 1. The van der Waals surface area contributed by atoms with E-state index in [0.717, 1.165) is 24.9 Å². The van der Waals surface area contributed by atoms with Crippen LogP contribution in [-0.4, -0.2) is 43.6 Å². The van der Waals surface area contributed by atoms with Crippen molar-refractivity contribution in [3.05, 3.63) is 45.4 Å². The number of rotatable bonds is 4. The van der Waals surface area contributed by atoms with E-state index in [9.17, 15) is 9.59 Å². The fourth-order valence-corrected chi connectivity index (χ4v) is 3.47. The number of hydrogen-bond acceptors (Lipinski definition) is 4. The first-order chi connectivity index (χ1) is 11.9. The van der Waals surface area contributed by atoms with Crippen molar-refractivity contribution in [2.24, 2.45) is 0 Å². The van der Waals surface area contributed by atoms with Gasteiger partial charge < -0.3 is 9.88 Å². The normalized spacial score (nSPS) is 17.7. The Bertz CT molecular complexity index is 823. The molecular weight excluding hydrogens is 318 g/mol. The lowest BCUT2D eigenvalue weighted by atomic mass is 10.0. The summed E-state index contributed by atoms with van der Waals surface area (Å²) in [5.74, 6) is 0.693. The molecule has 1 N–H and O–H groups in total. The number of hydrogen-bond donors (Lipinski definition) is 1. The molecule has 3 rings (SSSR count). The fraction of sp³-hybridized carbons (Fsp3) is 0.556. The summed E-state index contributed by atoms with van der Waals surface area (Å²) in [6.45, 7) is 7.05. The summed E-state index contributed by atoms with van der Waals surface area (Å²) in [6.07, 6.45) is 6.64. The van der Waals surface area contributed by atoms with Gasteiger partial charge in [-0.25, -0.2) is 4.98 Å². The van der Waals surface area contributed by atoms with Crippen LogP contribution < -0.4 is 5.56 Å². The Hall–Kier alpha value is -2.44. The average Bonchev–Trinajstić information content (AvgIpc) is 3.00. The van der Waals surface area contributed by atoms with Gasteiger partial charge in [0.2, 0.25) is 5.91 Å². The van der Waals surface area contributed by atoms with E-state index in [-0.39, 0.29) is 17.5 Å². The second-order valence-corrected chi connectivity index (χ2v) is 6.85. The lowest BCUT2D eigenvalue weighted by molar-refractivity contribution is -0.132. The summed E-state index contributed by atoms with van der Waals surface area (Å²) in [7, 11) is 0. The second kappa shape index (κ2) is 7.21. The van der Waals surface area contributed by atoms with E-state index >= 15 is 0 Å². The third kappa shape index (κ3) is 3.97. The molecule has 0 unspecified atom stereocenters. The minimum atomic E-state index is -0.138. The fourth-order valence-electron chi connectivity index (χ4n) is 3.47. The van der Waals surface area contributed by atoms with E-state index in [1.54, 1.807) is 6.92 Å². The maximum atomic E-state index is 12.6. The molecule has 0 aliphatic carbocycles. The van der Waals surface area contributed by atoms with Gasteiger partial charge in [0.05, 0.1) is 12.2 Å². The highest BCUT2D eigenvalue weighted by Crippen LogP contribution is 2.22. The molecule has 0 radical (unpaired) electrons. The van der Waals surface area contributed by atoms with Gasteiger partial charge in [0, 0.05) is 37.0 Å². The highest BCUT2D eigenvalue weighted by molar-refractivity contribution is 5.76. The molecule has 1 aliphatic heterocycles. The summed E-state index contributed by atoms with van der Waals surface area (Å²) in [5.41, 5.74) is 2.30. The van der Waals surface area contributed by atoms with Crippen molar-refractivity contribution in [3.63, 3.8) is 0 Å². The van der Waals surface area contributed by atoms with Crippen molar-refractivity contribution in [3.8, 4) is 0 Å². The average molecular weight is 343 g/mol. The Morgan fingerprint density at radius 2 is 2.16 bits per heavy atom. The number of carbonyl (C=O) groups is 1. The van der Waals surface area contributed by atoms with E-state index in [4.69, 9.17) is 0 Å². The van der Waals surface area contributed by atoms with Crippen molar-refractivity contribution >= 4 is 5.91 Å². The first kappa shape index (κ1) is 17.4. The largest absolute Gasteiger partial charge is 0.341 e. The Morgan fingerprint density at radius 3 is 2.84 bits per heavy atom. The van der Waals surface area contributed by atoms with E-state index in [1.165, 1.54) is 0 Å². The Kier molecular flexibility index (Phi) is 5.01. The van der Waals surface area contributed by atoms with Crippen molar-refractivity contribution in [2.45, 2.75) is 52.5 Å². The van der Waals surface area contributed by atoms with Crippen LogP contribution in [-0.2, 0) is 11.2 Å². The van der Waals surface area contributed by atoms with Crippen LogP contribution >= 0.6 is 0 Å². The number of piperidine rings is 1. The van der Waals surface area contributed by atoms with Crippen molar-refractivity contribution < 1.29 is 4.79 Å². The summed E-state index contributed by atoms with van der Waals surface area (Å²) < 4.78 is 1.97. The predicted molar refractivity (Wildman–Crippen MR) is 94.5 cm³/mol. The van der Waals surface area contributed by atoms with Gasteiger partial charge in [-0.3, -0.25) is 14.3 Å². The van der Waals surface area contributed by atoms with E-state index < -0.39 is 0 Å². The number of aromatic amines is 1. The molecule has 7 nitrogen and oxygen atoms in total. The number of carbonyl (C=O) groups excluding carboxylic acids is 1. The van der Waals surface area contributed by atoms with Gasteiger partial charge in [-0.15, -0.1) is 0 Å². The molecule has 25 heavy (non-hydrogen) atoms. The number of likely N-dealkylation sites (tertiary alicyclic amines) is 1. The van der Waals surface area contributed by atoms with Gasteiger partial charge in [-0.1, -0.05) is 0 Å². The first-order valence-corrected chi connectivity index (χ1v) is 8.79.